The number of benzene rings is 2. The Bertz CT molecular complexity index is 767. The van der Waals surface area contributed by atoms with Crippen molar-refractivity contribution in [2.24, 2.45) is 0 Å². The molecule has 0 aliphatic rings. The molecule has 0 radical (unpaired) electrons. The third kappa shape index (κ3) is 5.58. The summed E-state index contributed by atoms with van der Waals surface area (Å²) in [5.74, 6) is 2.53. The highest BCUT2D eigenvalue weighted by atomic mass is 35.5. The predicted octanol–water partition coefficient (Wildman–Crippen LogP) is 4.78. The lowest BCUT2D eigenvalue weighted by molar-refractivity contribution is -0.119. The van der Waals surface area contributed by atoms with E-state index < -0.39 is 0 Å². The molecule has 0 heterocycles. The third-order valence-electron chi connectivity index (χ3n) is 4.06. The SMILES string of the molecule is COc1cc(C)c(CSCC(=O)N[C@H](C)c2cccc(Cl)c2)cc1OC. The van der Waals surface area contributed by atoms with Gasteiger partial charge in [0.1, 0.15) is 0 Å². The van der Waals surface area contributed by atoms with E-state index in [-0.39, 0.29) is 11.9 Å². The lowest BCUT2D eigenvalue weighted by Crippen LogP contribution is -2.28. The lowest BCUT2D eigenvalue weighted by atomic mass is 10.1. The van der Waals surface area contributed by atoms with Crippen molar-refractivity contribution >= 4 is 29.3 Å². The first-order valence-corrected chi connectivity index (χ1v) is 9.82. The molecule has 1 amide bonds. The van der Waals surface area contributed by atoms with Gasteiger partial charge in [-0.2, -0.15) is 0 Å². The number of aryl methyl sites for hydroxylation is 1. The second kappa shape index (κ2) is 9.74. The summed E-state index contributed by atoms with van der Waals surface area (Å²) < 4.78 is 10.6. The predicted molar refractivity (Wildman–Crippen MR) is 108 cm³/mol. The van der Waals surface area contributed by atoms with E-state index in [0.29, 0.717) is 22.3 Å². The molecule has 0 aromatic heterocycles. The first-order chi connectivity index (χ1) is 12.4. The second-order valence-electron chi connectivity index (χ2n) is 5.97. The molecule has 2 aromatic carbocycles. The maximum Gasteiger partial charge on any atom is 0.230 e. The van der Waals surface area contributed by atoms with Crippen molar-refractivity contribution in [2.75, 3.05) is 20.0 Å². The number of nitrogens with one attached hydrogen (secondary N) is 1. The zero-order valence-electron chi connectivity index (χ0n) is 15.5. The molecule has 0 fully saturated rings. The molecule has 2 rings (SSSR count). The molecule has 0 saturated carbocycles. The van der Waals surface area contributed by atoms with Crippen LogP contribution in [0.25, 0.3) is 0 Å². The minimum absolute atomic E-state index is 0.000560. The minimum atomic E-state index is -0.0791. The fourth-order valence-corrected chi connectivity index (χ4v) is 3.67. The number of carbonyl (C=O) groups is 1. The fraction of sp³-hybridized carbons (Fsp3) is 0.350. The molecule has 0 spiro atoms. The molecule has 2 aromatic rings. The van der Waals surface area contributed by atoms with E-state index >= 15 is 0 Å². The minimum Gasteiger partial charge on any atom is -0.493 e. The Morgan fingerprint density at radius 3 is 2.54 bits per heavy atom. The molecule has 0 bridgehead atoms. The average Bonchev–Trinajstić information content (AvgIpc) is 2.62. The summed E-state index contributed by atoms with van der Waals surface area (Å²) in [4.78, 5) is 12.2. The highest BCUT2D eigenvalue weighted by Crippen LogP contribution is 2.31. The highest BCUT2D eigenvalue weighted by Gasteiger charge is 2.12. The van der Waals surface area contributed by atoms with Gasteiger partial charge in [-0.1, -0.05) is 23.7 Å². The number of ether oxygens (including phenoxy) is 2. The van der Waals surface area contributed by atoms with Crippen LogP contribution < -0.4 is 14.8 Å². The van der Waals surface area contributed by atoms with Gasteiger partial charge in [0.25, 0.3) is 0 Å². The zero-order valence-corrected chi connectivity index (χ0v) is 17.0. The molecule has 1 atom stereocenters. The fourth-order valence-electron chi connectivity index (χ4n) is 2.57. The molecule has 26 heavy (non-hydrogen) atoms. The summed E-state index contributed by atoms with van der Waals surface area (Å²) in [6.45, 7) is 3.98. The van der Waals surface area contributed by atoms with Crippen molar-refractivity contribution in [1.82, 2.24) is 5.32 Å². The molecule has 0 saturated heterocycles. The number of thioether (sulfide) groups is 1. The van der Waals surface area contributed by atoms with E-state index in [1.54, 1.807) is 26.0 Å². The van der Waals surface area contributed by atoms with Crippen molar-refractivity contribution in [1.29, 1.82) is 0 Å². The maximum absolute atomic E-state index is 12.2. The van der Waals surface area contributed by atoms with E-state index in [0.717, 1.165) is 22.4 Å². The molecular weight excluding hydrogens is 370 g/mol. The van der Waals surface area contributed by atoms with Crippen molar-refractivity contribution in [3.63, 3.8) is 0 Å². The van der Waals surface area contributed by atoms with Crippen LogP contribution in [-0.4, -0.2) is 25.9 Å². The molecule has 140 valence electrons. The molecule has 0 unspecified atom stereocenters. The van der Waals surface area contributed by atoms with Gasteiger partial charge in [0.05, 0.1) is 26.0 Å². The van der Waals surface area contributed by atoms with Gasteiger partial charge in [0, 0.05) is 10.8 Å². The molecule has 1 N–H and O–H groups in total. The van der Waals surface area contributed by atoms with Gasteiger partial charge in [-0.25, -0.2) is 0 Å². The van der Waals surface area contributed by atoms with E-state index in [9.17, 15) is 4.79 Å². The number of rotatable bonds is 8. The quantitative estimate of drug-likeness (QED) is 0.701. The van der Waals surface area contributed by atoms with Crippen LogP contribution in [0.4, 0.5) is 0 Å². The van der Waals surface area contributed by atoms with E-state index in [2.05, 4.69) is 5.32 Å². The Labute approximate surface area is 164 Å². The number of methoxy groups -OCH3 is 2. The van der Waals surface area contributed by atoms with Gasteiger partial charge < -0.3 is 14.8 Å². The molecule has 4 nitrogen and oxygen atoms in total. The Balaban J connectivity index is 1.88. The van der Waals surface area contributed by atoms with Crippen LogP contribution in [0.2, 0.25) is 5.02 Å². The largest absolute Gasteiger partial charge is 0.493 e. The van der Waals surface area contributed by atoms with Crippen molar-refractivity contribution < 1.29 is 14.3 Å². The summed E-state index contributed by atoms with van der Waals surface area (Å²) in [6.07, 6.45) is 0. The van der Waals surface area contributed by atoms with Crippen LogP contribution in [0.15, 0.2) is 36.4 Å². The first kappa shape index (κ1) is 20.5. The standard InChI is InChI=1S/C20H24ClNO3S/c1-13-8-18(24-3)19(25-4)10-16(13)11-26-12-20(23)22-14(2)15-6-5-7-17(21)9-15/h5-10,14H,11-12H2,1-4H3,(H,22,23)/t14-/m1/s1. The van der Waals surface area contributed by atoms with Gasteiger partial charge in [-0.3, -0.25) is 4.79 Å². The summed E-state index contributed by atoms with van der Waals surface area (Å²) in [6, 6.07) is 11.4. The van der Waals surface area contributed by atoms with Crippen LogP contribution in [0.1, 0.15) is 29.7 Å². The summed E-state index contributed by atoms with van der Waals surface area (Å²) >= 11 is 7.57. The van der Waals surface area contributed by atoms with Crippen LogP contribution >= 0.6 is 23.4 Å². The van der Waals surface area contributed by atoms with Crippen molar-refractivity contribution in [3.05, 3.63) is 58.1 Å². The second-order valence-corrected chi connectivity index (χ2v) is 7.39. The summed E-state index contributed by atoms with van der Waals surface area (Å²) in [5.41, 5.74) is 3.23. The maximum atomic E-state index is 12.2. The first-order valence-electron chi connectivity index (χ1n) is 8.28. The Morgan fingerprint density at radius 1 is 1.19 bits per heavy atom. The van der Waals surface area contributed by atoms with Gasteiger partial charge in [0.2, 0.25) is 5.91 Å². The van der Waals surface area contributed by atoms with E-state index in [1.807, 2.05) is 50.2 Å². The van der Waals surface area contributed by atoms with Gasteiger partial charge in [0.15, 0.2) is 11.5 Å². The van der Waals surface area contributed by atoms with Crippen molar-refractivity contribution in [3.8, 4) is 11.5 Å². The topological polar surface area (TPSA) is 47.6 Å². The van der Waals surface area contributed by atoms with Crippen LogP contribution in [0.3, 0.4) is 0 Å². The Morgan fingerprint density at radius 2 is 1.88 bits per heavy atom. The van der Waals surface area contributed by atoms with Crippen molar-refractivity contribution in [2.45, 2.75) is 25.6 Å². The van der Waals surface area contributed by atoms with Crippen LogP contribution in [0, 0.1) is 6.92 Å². The summed E-state index contributed by atoms with van der Waals surface area (Å²) in [7, 11) is 3.24. The van der Waals surface area contributed by atoms with Crippen LogP contribution in [0.5, 0.6) is 11.5 Å². The third-order valence-corrected chi connectivity index (χ3v) is 5.28. The van der Waals surface area contributed by atoms with Gasteiger partial charge >= 0.3 is 0 Å². The monoisotopic (exact) mass is 393 g/mol. The van der Waals surface area contributed by atoms with E-state index in [4.69, 9.17) is 21.1 Å². The number of carbonyl (C=O) groups excluding carboxylic acids is 1. The number of hydrogen-bond acceptors (Lipinski definition) is 4. The van der Waals surface area contributed by atoms with Gasteiger partial charge in [-0.15, -0.1) is 11.8 Å². The smallest absolute Gasteiger partial charge is 0.230 e. The molecule has 0 aliphatic heterocycles. The normalized spacial score (nSPS) is 11.7. The highest BCUT2D eigenvalue weighted by molar-refractivity contribution is 7.99. The van der Waals surface area contributed by atoms with E-state index in [1.165, 1.54) is 0 Å². The Kier molecular flexibility index (Phi) is 7.66. The molecule has 6 heteroatoms. The summed E-state index contributed by atoms with van der Waals surface area (Å²) in [5, 5.41) is 3.67. The van der Waals surface area contributed by atoms with Crippen LogP contribution in [-0.2, 0) is 10.5 Å². The number of hydrogen-bond donors (Lipinski definition) is 1. The van der Waals surface area contributed by atoms with Gasteiger partial charge in [-0.05, 0) is 54.8 Å². The lowest BCUT2D eigenvalue weighted by Gasteiger charge is -2.15. The number of amides is 1. The number of halogens is 1. The molecule has 0 aliphatic carbocycles. The zero-order chi connectivity index (χ0) is 19.1. The molecular formula is C20H24ClNO3S. The average molecular weight is 394 g/mol. The Hall–Kier alpha value is -1.85.